The van der Waals surface area contributed by atoms with Crippen LogP contribution in [-0.2, 0) is 11.3 Å². The van der Waals surface area contributed by atoms with Crippen LogP contribution in [0, 0.1) is 0 Å². The largest absolute Gasteiger partial charge is 0.371 e. The first kappa shape index (κ1) is 23.7. The van der Waals surface area contributed by atoms with Crippen LogP contribution >= 0.6 is 35.6 Å². The van der Waals surface area contributed by atoms with Gasteiger partial charge in [0.25, 0.3) is 0 Å². The molecule has 1 N–H and O–H groups in total. The standard InChI is InChI=1S/C19H27ClN6O2.HI/c1-4-27-14(2)18-23-17(28-24-18)13-22-19(21-3)26-11-9-25(10-12-26)16-8-6-5-7-15(16)20;/h5-8,14H,4,9-13H2,1-3H3,(H,21,22);1H. The summed E-state index contributed by atoms with van der Waals surface area (Å²) in [4.78, 5) is 13.3. The number of guanidine groups is 1. The number of hydrogen-bond donors (Lipinski definition) is 1. The van der Waals surface area contributed by atoms with E-state index in [9.17, 15) is 0 Å². The highest BCUT2D eigenvalue weighted by molar-refractivity contribution is 14.0. The van der Waals surface area contributed by atoms with Gasteiger partial charge < -0.3 is 24.4 Å². The second-order valence-corrected chi connectivity index (χ2v) is 6.88. The summed E-state index contributed by atoms with van der Waals surface area (Å²) in [5, 5.41) is 8.06. The van der Waals surface area contributed by atoms with Gasteiger partial charge in [0.05, 0.1) is 17.3 Å². The maximum atomic E-state index is 6.32. The second-order valence-electron chi connectivity index (χ2n) is 6.47. The van der Waals surface area contributed by atoms with E-state index in [1.165, 1.54) is 0 Å². The number of rotatable bonds is 6. The minimum absolute atomic E-state index is 0. The average molecular weight is 535 g/mol. The highest BCUT2D eigenvalue weighted by Gasteiger charge is 2.21. The molecule has 2 aromatic rings. The summed E-state index contributed by atoms with van der Waals surface area (Å²) in [7, 11) is 1.78. The number of para-hydroxylation sites is 1. The fourth-order valence-electron chi connectivity index (χ4n) is 3.18. The fraction of sp³-hybridized carbons (Fsp3) is 0.526. The number of nitrogens with one attached hydrogen (secondary N) is 1. The number of anilines is 1. The smallest absolute Gasteiger partial charge is 0.246 e. The highest BCUT2D eigenvalue weighted by atomic mass is 127. The lowest BCUT2D eigenvalue weighted by Gasteiger charge is -2.37. The monoisotopic (exact) mass is 534 g/mol. The number of piperazine rings is 1. The molecule has 1 aliphatic rings. The van der Waals surface area contributed by atoms with Gasteiger partial charge in [-0.2, -0.15) is 4.98 Å². The van der Waals surface area contributed by atoms with Crippen molar-refractivity contribution in [2.24, 2.45) is 4.99 Å². The zero-order chi connectivity index (χ0) is 19.9. The molecule has 8 nitrogen and oxygen atoms in total. The predicted octanol–water partition coefficient (Wildman–Crippen LogP) is 3.34. The van der Waals surface area contributed by atoms with Crippen LogP contribution in [0.3, 0.4) is 0 Å². The number of aliphatic imine (C=N–C) groups is 1. The van der Waals surface area contributed by atoms with Crippen molar-refractivity contribution in [3.63, 3.8) is 0 Å². The molecule has 0 bridgehead atoms. The average Bonchev–Trinajstić information content (AvgIpc) is 3.19. The van der Waals surface area contributed by atoms with Crippen LogP contribution in [0.1, 0.15) is 31.7 Å². The Morgan fingerprint density at radius 2 is 2.03 bits per heavy atom. The van der Waals surface area contributed by atoms with Crippen molar-refractivity contribution in [3.05, 3.63) is 41.0 Å². The van der Waals surface area contributed by atoms with Gasteiger partial charge in [-0.1, -0.05) is 28.9 Å². The summed E-state index contributed by atoms with van der Waals surface area (Å²) in [5.41, 5.74) is 1.08. The molecule has 1 aromatic heterocycles. The van der Waals surface area contributed by atoms with E-state index < -0.39 is 0 Å². The molecule has 10 heteroatoms. The van der Waals surface area contributed by atoms with Crippen molar-refractivity contribution in [1.82, 2.24) is 20.4 Å². The first-order valence-corrected chi connectivity index (χ1v) is 9.89. The van der Waals surface area contributed by atoms with Crippen LogP contribution in [-0.4, -0.2) is 60.8 Å². The number of ether oxygens (including phenoxy) is 1. The van der Waals surface area contributed by atoms with Crippen molar-refractivity contribution in [2.75, 3.05) is 44.7 Å². The topological polar surface area (TPSA) is 79.0 Å². The van der Waals surface area contributed by atoms with Crippen LogP contribution in [0.4, 0.5) is 5.69 Å². The van der Waals surface area contributed by atoms with Crippen molar-refractivity contribution < 1.29 is 9.26 Å². The van der Waals surface area contributed by atoms with Crippen LogP contribution in [0.25, 0.3) is 0 Å². The van der Waals surface area contributed by atoms with Crippen molar-refractivity contribution >= 4 is 47.2 Å². The Hall–Kier alpha value is -1.59. The number of benzene rings is 1. The van der Waals surface area contributed by atoms with Crippen molar-refractivity contribution in [3.8, 4) is 0 Å². The summed E-state index contributed by atoms with van der Waals surface area (Å²) in [5.74, 6) is 1.89. The molecular weight excluding hydrogens is 507 g/mol. The predicted molar refractivity (Wildman–Crippen MR) is 125 cm³/mol. The quantitative estimate of drug-likeness (QED) is 0.346. The van der Waals surface area contributed by atoms with Gasteiger partial charge in [-0.25, -0.2) is 0 Å². The Kier molecular flexibility index (Phi) is 9.44. The van der Waals surface area contributed by atoms with E-state index >= 15 is 0 Å². The summed E-state index contributed by atoms with van der Waals surface area (Å²) >= 11 is 6.32. The molecule has 0 radical (unpaired) electrons. The van der Waals surface area contributed by atoms with Gasteiger partial charge in [0.15, 0.2) is 11.8 Å². The molecule has 1 fully saturated rings. The van der Waals surface area contributed by atoms with E-state index in [4.69, 9.17) is 20.9 Å². The van der Waals surface area contributed by atoms with Crippen LogP contribution in [0.15, 0.2) is 33.8 Å². The van der Waals surface area contributed by atoms with Crippen molar-refractivity contribution in [2.45, 2.75) is 26.5 Å². The van der Waals surface area contributed by atoms with Gasteiger partial charge in [0.1, 0.15) is 6.10 Å². The Bertz CT molecular complexity index is 795. The maximum Gasteiger partial charge on any atom is 0.246 e. The van der Waals surface area contributed by atoms with Crippen LogP contribution < -0.4 is 10.2 Å². The molecule has 1 aromatic carbocycles. The lowest BCUT2D eigenvalue weighted by molar-refractivity contribution is 0.0683. The molecule has 0 spiro atoms. The molecule has 1 aliphatic heterocycles. The molecule has 1 saturated heterocycles. The molecule has 3 rings (SSSR count). The summed E-state index contributed by atoms with van der Waals surface area (Å²) in [6, 6.07) is 7.95. The van der Waals surface area contributed by atoms with E-state index in [0.29, 0.717) is 24.9 Å². The number of halogens is 2. The van der Waals surface area contributed by atoms with E-state index in [1.54, 1.807) is 7.05 Å². The van der Waals surface area contributed by atoms with Crippen molar-refractivity contribution in [1.29, 1.82) is 0 Å². The Morgan fingerprint density at radius 1 is 1.31 bits per heavy atom. The zero-order valence-electron chi connectivity index (χ0n) is 17.0. The van der Waals surface area contributed by atoms with Gasteiger partial charge in [-0.15, -0.1) is 24.0 Å². The van der Waals surface area contributed by atoms with Gasteiger partial charge in [0, 0.05) is 39.8 Å². The molecule has 2 heterocycles. The first-order chi connectivity index (χ1) is 13.6. The Morgan fingerprint density at radius 3 is 2.69 bits per heavy atom. The van der Waals surface area contributed by atoms with Gasteiger partial charge in [-0.05, 0) is 26.0 Å². The molecular formula is C19H28ClIN6O2. The lowest BCUT2D eigenvalue weighted by Crippen LogP contribution is -2.52. The lowest BCUT2D eigenvalue weighted by atomic mass is 10.2. The molecule has 1 atom stereocenters. The SMILES string of the molecule is CCOC(C)c1noc(CNC(=NC)N2CCN(c3ccccc3Cl)CC2)n1.I. The van der Waals surface area contributed by atoms with Gasteiger partial charge in [0.2, 0.25) is 5.89 Å². The third-order valence-electron chi connectivity index (χ3n) is 4.65. The third-order valence-corrected chi connectivity index (χ3v) is 4.97. The molecule has 1 unspecified atom stereocenters. The number of hydrogen-bond acceptors (Lipinski definition) is 6. The normalized spacial score (nSPS) is 15.8. The van der Waals surface area contributed by atoms with E-state index in [-0.39, 0.29) is 30.1 Å². The second kappa shape index (κ2) is 11.6. The molecule has 0 aliphatic carbocycles. The van der Waals surface area contributed by atoms with Gasteiger partial charge >= 0.3 is 0 Å². The molecule has 160 valence electrons. The summed E-state index contributed by atoms with van der Waals surface area (Å²) < 4.78 is 10.8. The highest BCUT2D eigenvalue weighted by Crippen LogP contribution is 2.26. The minimum Gasteiger partial charge on any atom is -0.371 e. The summed E-state index contributed by atoms with van der Waals surface area (Å²) in [6.45, 7) is 8.32. The third kappa shape index (κ3) is 6.19. The molecule has 29 heavy (non-hydrogen) atoms. The minimum atomic E-state index is -0.181. The number of aromatic nitrogens is 2. The van der Waals surface area contributed by atoms with Crippen LogP contribution in [0.2, 0.25) is 5.02 Å². The zero-order valence-corrected chi connectivity index (χ0v) is 20.1. The van der Waals surface area contributed by atoms with Gasteiger partial charge in [-0.3, -0.25) is 4.99 Å². The molecule has 0 saturated carbocycles. The molecule has 0 amide bonds. The fourth-order valence-corrected chi connectivity index (χ4v) is 3.44. The maximum absolute atomic E-state index is 6.32. The Labute approximate surface area is 193 Å². The Balaban J connectivity index is 0.00000300. The summed E-state index contributed by atoms with van der Waals surface area (Å²) in [6.07, 6.45) is -0.181. The van der Waals surface area contributed by atoms with E-state index in [0.717, 1.165) is 42.8 Å². The van der Waals surface area contributed by atoms with Crippen LogP contribution in [0.5, 0.6) is 0 Å². The first-order valence-electron chi connectivity index (χ1n) is 9.51. The number of nitrogens with zero attached hydrogens (tertiary/aromatic N) is 5. The van der Waals surface area contributed by atoms with E-state index in [2.05, 4.69) is 36.3 Å². The van der Waals surface area contributed by atoms with E-state index in [1.807, 2.05) is 32.0 Å².